The van der Waals surface area contributed by atoms with Crippen LogP contribution in [0, 0.1) is 20.8 Å². The van der Waals surface area contributed by atoms with Gasteiger partial charge in [-0.2, -0.15) is 0 Å². The summed E-state index contributed by atoms with van der Waals surface area (Å²) < 4.78 is 22.1. The van der Waals surface area contributed by atoms with Crippen LogP contribution in [0.15, 0.2) is 9.29 Å². The van der Waals surface area contributed by atoms with E-state index in [4.69, 9.17) is 16.2 Å². The molecule has 0 fully saturated rings. The topological polar surface area (TPSA) is 90.7 Å². The lowest BCUT2D eigenvalue weighted by atomic mass is 9.94. The minimum atomic E-state index is -1.58. The quantitative estimate of drug-likeness (QED) is 0.641. The molecule has 1 aliphatic heterocycles. The van der Waals surface area contributed by atoms with Crippen molar-refractivity contribution >= 4 is 16.9 Å². The highest BCUT2D eigenvalue weighted by atomic mass is 32.2. The number of ether oxygens (including phenoxy) is 1. The summed E-state index contributed by atoms with van der Waals surface area (Å²) in [5.74, 6) is 0.743. The van der Waals surface area contributed by atoms with Crippen LogP contribution in [0.3, 0.4) is 0 Å². The molecule has 110 valence electrons. The largest absolute Gasteiger partial charge is 0.487 e. The number of hydrogen-bond acceptors (Lipinski definition) is 2. The third kappa shape index (κ3) is 2.40. The van der Waals surface area contributed by atoms with E-state index in [1.165, 1.54) is 0 Å². The highest BCUT2D eigenvalue weighted by Gasteiger charge is 2.35. The van der Waals surface area contributed by atoms with Crippen LogP contribution < -0.4 is 16.2 Å². The van der Waals surface area contributed by atoms with Crippen LogP contribution in [0.5, 0.6) is 5.75 Å². The zero-order chi connectivity index (χ0) is 15.2. The van der Waals surface area contributed by atoms with E-state index in [0.29, 0.717) is 4.90 Å². The number of benzene rings is 1. The van der Waals surface area contributed by atoms with Gasteiger partial charge >= 0.3 is 0 Å². The van der Waals surface area contributed by atoms with Gasteiger partial charge in [0.15, 0.2) is 11.0 Å². The van der Waals surface area contributed by atoms with Crippen molar-refractivity contribution in [3.05, 3.63) is 22.3 Å². The van der Waals surface area contributed by atoms with Gasteiger partial charge in [0.05, 0.1) is 4.90 Å². The fourth-order valence-electron chi connectivity index (χ4n) is 2.65. The van der Waals surface area contributed by atoms with Crippen molar-refractivity contribution in [1.29, 1.82) is 0 Å². The smallest absolute Gasteiger partial charge is 0.200 e. The Bertz CT molecular complexity index is 632. The standard InChI is InChI=1S/C14H21N3O2S/c1-7-8(2)12(20(18)17-13(15)16)9(3)10-6-14(4,5)19-11(7)10/h6H2,1-5H3,(H4,15,16,17). The van der Waals surface area contributed by atoms with Gasteiger partial charge in [0.25, 0.3) is 0 Å². The van der Waals surface area contributed by atoms with Gasteiger partial charge in [-0.25, -0.2) is 4.21 Å². The molecular weight excluding hydrogens is 274 g/mol. The van der Waals surface area contributed by atoms with Crippen molar-refractivity contribution in [3.63, 3.8) is 0 Å². The Labute approximate surface area is 122 Å². The van der Waals surface area contributed by atoms with Crippen LogP contribution in [0.25, 0.3) is 0 Å². The van der Waals surface area contributed by atoms with E-state index in [9.17, 15) is 4.21 Å². The number of nitrogens with two attached hydrogens (primary N) is 2. The minimum absolute atomic E-state index is 0.170. The van der Waals surface area contributed by atoms with E-state index < -0.39 is 11.0 Å². The molecule has 0 bridgehead atoms. The van der Waals surface area contributed by atoms with Crippen molar-refractivity contribution in [3.8, 4) is 5.75 Å². The maximum Gasteiger partial charge on any atom is 0.200 e. The van der Waals surface area contributed by atoms with Crippen LogP contribution in [0.1, 0.15) is 36.1 Å². The second-order valence-electron chi connectivity index (χ2n) is 5.82. The Morgan fingerprint density at radius 2 is 1.80 bits per heavy atom. The zero-order valence-electron chi connectivity index (χ0n) is 12.5. The van der Waals surface area contributed by atoms with Crippen molar-refractivity contribution in [2.45, 2.75) is 51.5 Å². The molecule has 0 amide bonds. The fraction of sp³-hybridized carbons (Fsp3) is 0.500. The van der Waals surface area contributed by atoms with Gasteiger partial charge in [0, 0.05) is 12.0 Å². The van der Waals surface area contributed by atoms with E-state index in [0.717, 1.165) is 34.4 Å². The molecule has 0 aromatic heterocycles. The second kappa shape index (κ2) is 4.77. The summed E-state index contributed by atoms with van der Waals surface area (Å²) in [5.41, 5.74) is 14.4. The van der Waals surface area contributed by atoms with Gasteiger partial charge in [-0.05, 0) is 51.3 Å². The Morgan fingerprint density at radius 1 is 1.20 bits per heavy atom. The molecule has 5 nitrogen and oxygen atoms in total. The highest BCUT2D eigenvalue weighted by molar-refractivity contribution is 7.84. The Kier molecular flexibility index (Phi) is 3.54. The van der Waals surface area contributed by atoms with Crippen LogP contribution in [0.2, 0.25) is 0 Å². The Balaban J connectivity index is 2.66. The number of rotatable bonds is 2. The zero-order valence-corrected chi connectivity index (χ0v) is 13.4. The molecule has 0 spiro atoms. The molecular formula is C14H21N3O2S. The minimum Gasteiger partial charge on any atom is -0.487 e. The molecule has 0 saturated heterocycles. The summed E-state index contributed by atoms with van der Waals surface area (Å²) in [7, 11) is -1.58. The first-order valence-electron chi connectivity index (χ1n) is 6.47. The fourth-order valence-corrected chi connectivity index (χ4v) is 3.73. The van der Waals surface area contributed by atoms with Crippen LogP contribution in [0.4, 0.5) is 0 Å². The third-order valence-electron chi connectivity index (χ3n) is 3.65. The first-order valence-corrected chi connectivity index (χ1v) is 7.58. The molecule has 0 aliphatic carbocycles. The molecule has 1 unspecified atom stereocenters. The van der Waals surface area contributed by atoms with Crippen LogP contribution >= 0.6 is 0 Å². The van der Waals surface area contributed by atoms with Crippen molar-refractivity contribution in [1.82, 2.24) is 0 Å². The van der Waals surface area contributed by atoms with Crippen molar-refractivity contribution in [2.24, 2.45) is 15.9 Å². The number of guanidine groups is 1. The average Bonchev–Trinajstić information content (AvgIpc) is 2.62. The molecule has 1 aromatic rings. The lowest BCUT2D eigenvalue weighted by molar-refractivity contribution is 0.137. The molecule has 0 saturated carbocycles. The van der Waals surface area contributed by atoms with Gasteiger partial charge in [0.2, 0.25) is 5.96 Å². The molecule has 0 radical (unpaired) electrons. The average molecular weight is 295 g/mol. The molecule has 1 atom stereocenters. The maximum absolute atomic E-state index is 12.3. The van der Waals surface area contributed by atoms with Crippen LogP contribution in [-0.2, 0) is 17.4 Å². The van der Waals surface area contributed by atoms with Crippen molar-refractivity contribution in [2.75, 3.05) is 0 Å². The summed E-state index contributed by atoms with van der Waals surface area (Å²) in [6.07, 6.45) is 0.793. The predicted octanol–water partition coefficient (Wildman–Crippen LogP) is 1.62. The van der Waals surface area contributed by atoms with Crippen molar-refractivity contribution < 1.29 is 8.95 Å². The highest BCUT2D eigenvalue weighted by Crippen LogP contribution is 2.43. The summed E-state index contributed by atoms with van der Waals surface area (Å²) in [6.45, 7) is 9.95. The Morgan fingerprint density at radius 3 is 2.35 bits per heavy atom. The molecule has 20 heavy (non-hydrogen) atoms. The van der Waals surface area contributed by atoms with Gasteiger partial charge in [-0.3, -0.25) is 0 Å². The van der Waals surface area contributed by atoms with E-state index in [1.54, 1.807) is 0 Å². The van der Waals surface area contributed by atoms with Gasteiger partial charge in [0.1, 0.15) is 11.4 Å². The molecule has 4 N–H and O–H groups in total. The maximum atomic E-state index is 12.3. The normalized spacial score (nSPS) is 17.2. The number of nitrogens with zero attached hydrogens (tertiary/aromatic N) is 1. The van der Waals surface area contributed by atoms with Crippen LogP contribution in [-0.4, -0.2) is 15.8 Å². The van der Waals surface area contributed by atoms with E-state index >= 15 is 0 Å². The summed E-state index contributed by atoms with van der Waals surface area (Å²) >= 11 is 0. The van der Waals surface area contributed by atoms with E-state index in [-0.39, 0.29) is 11.6 Å². The van der Waals surface area contributed by atoms with E-state index in [1.807, 2.05) is 34.6 Å². The van der Waals surface area contributed by atoms with Gasteiger partial charge in [-0.1, -0.05) is 0 Å². The Hall–Kier alpha value is -1.56. The van der Waals surface area contributed by atoms with Gasteiger partial charge < -0.3 is 16.2 Å². The molecule has 1 heterocycles. The predicted molar refractivity (Wildman–Crippen MR) is 81.3 cm³/mol. The third-order valence-corrected chi connectivity index (χ3v) is 4.99. The molecule has 1 aliphatic rings. The lowest BCUT2D eigenvalue weighted by Crippen LogP contribution is -2.24. The van der Waals surface area contributed by atoms with Gasteiger partial charge in [-0.15, -0.1) is 4.40 Å². The number of fused-ring (bicyclic) bond motifs is 1. The lowest BCUT2D eigenvalue weighted by Gasteiger charge is -2.18. The molecule has 2 rings (SSSR count). The summed E-state index contributed by atoms with van der Waals surface area (Å²) in [4.78, 5) is 0.691. The van der Waals surface area contributed by atoms with E-state index in [2.05, 4.69) is 4.40 Å². The monoisotopic (exact) mass is 295 g/mol. The molecule has 1 aromatic carbocycles. The molecule has 6 heteroatoms. The second-order valence-corrected chi connectivity index (χ2v) is 6.90. The first kappa shape index (κ1) is 14.8. The number of hydrogen-bond donors (Lipinski definition) is 2. The summed E-state index contributed by atoms with van der Waals surface area (Å²) in [6, 6.07) is 0. The summed E-state index contributed by atoms with van der Waals surface area (Å²) in [5, 5.41) is 0. The first-order chi connectivity index (χ1) is 9.14. The SMILES string of the molecule is Cc1c(C)c(S(=O)N=C(N)N)c(C)c2c1OC(C)(C)C2.